The van der Waals surface area contributed by atoms with E-state index in [-0.39, 0.29) is 18.5 Å². The summed E-state index contributed by atoms with van der Waals surface area (Å²) in [4.78, 5) is 11.0. The van der Waals surface area contributed by atoms with Crippen LogP contribution in [0.5, 0.6) is 0 Å². The molecule has 0 aromatic heterocycles. The molecule has 0 amide bonds. The average Bonchev–Trinajstić information content (AvgIpc) is 2.31. The van der Waals surface area contributed by atoms with Crippen LogP contribution in [0.2, 0.25) is 0 Å². The Kier molecular flexibility index (Phi) is 9.32. The van der Waals surface area contributed by atoms with E-state index >= 15 is 0 Å². The van der Waals surface area contributed by atoms with Gasteiger partial charge in [-0.2, -0.15) is 0 Å². The topological polar surface area (TPSA) is 35.5 Å². The molecule has 0 bridgehead atoms. The summed E-state index contributed by atoms with van der Waals surface area (Å²) in [6, 6.07) is 0. The Hall–Kier alpha value is -1.35. The van der Waals surface area contributed by atoms with Crippen molar-refractivity contribution in [2.24, 2.45) is 0 Å². The minimum Gasteiger partial charge on any atom is -0.469 e. The Bertz CT molecular complexity index is 264. The van der Waals surface area contributed by atoms with Gasteiger partial charge in [-0.25, -0.2) is 0 Å². The van der Waals surface area contributed by atoms with Crippen molar-refractivity contribution in [1.82, 2.24) is 0 Å². The third kappa shape index (κ3) is 8.00. The number of hydrogen-bond donors (Lipinski definition) is 0. The Balaban J connectivity index is 3.96. The predicted octanol–water partition coefficient (Wildman–Crippen LogP) is 2.64. The molecule has 3 heteroatoms. The van der Waals surface area contributed by atoms with E-state index in [1.165, 1.54) is 7.11 Å². The second-order valence-corrected chi connectivity index (χ2v) is 3.17. The molecule has 0 rings (SSSR count). The van der Waals surface area contributed by atoms with E-state index < -0.39 is 0 Å². The molecule has 0 aromatic carbocycles. The van der Waals surface area contributed by atoms with Crippen LogP contribution in [-0.4, -0.2) is 26.3 Å². The Morgan fingerprint density at radius 3 is 2.56 bits per heavy atom. The fraction of sp³-hybridized carbons (Fsp3) is 0.462. The fourth-order valence-electron chi connectivity index (χ4n) is 1.04. The van der Waals surface area contributed by atoms with Crippen molar-refractivity contribution in [3.63, 3.8) is 0 Å². The van der Waals surface area contributed by atoms with E-state index in [2.05, 4.69) is 10.8 Å². The molecule has 0 saturated carbocycles. The molecule has 0 spiro atoms. The maximum atomic E-state index is 11.0. The Morgan fingerprint density at radius 1 is 1.25 bits per heavy atom. The lowest BCUT2D eigenvalue weighted by atomic mass is 10.2. The Labute approximate surface area is 97.4 Å². The van der Waals surface area contributed by atoms with Gasteiger partial charge < -0.3 is 9.47 Å². The van der Waals surface area contributed by atoms with Crippen LogP contribution in [0.3, 0.4) is 0 Å². The molecule has 1 atom stereocenters. The van der Waals surface area contributed by atoms with Crippen molar-refractivity contribution in [3.8, 4) is 0 Å². The van der Waals surface area contributed by atoms with Gasteiger partial charge in [-0.05, 0) is 13.3 Å². The smallest absolute Gasteiger partial charge is 0.308 e. The van der Waals surface area contributed by atoms with Crippen molar-refractivity contribution in [3.05, 3.63) is 36.5 Å². The van der Waals surface area contributed by atoms with Crippen LogP contribution in [0.4, 0.5) is 0 Å². The Morgan fingerprint density at radius 2 is 2.00 bits per heavy atom. The van der Waals surface area contributed by atoms with Crippen LogP contribution in [0.1, 0.15) is 19.8 Å². The summed E-state index contributed by atoms with van der Waals surface area (Å²) < 4.78 is 9.68. The largest absolute Gasteiger partial charge is 0.469 e. The molecule has 0 radical (unpaired) electrons. The first-order valence-corrected chi connectivity index (χ1v) is 5.28. The lowest BCUT2D eigenvalue weighted by Gasteiger charge is -2.07. The highest BCUT2D eigenvalue weighted by Gasteiger charge is 2.08. The molecule has 0 fully saturated rings. The van der Waals surface area contributed by atoms with Crippen molar-refractivity contribution in [1.29, 1.82) is 0 Å². The quantitative estimate of drug-likeness (QED) is 0.379. The molecule has 0 heterocycles. The summed E-state index contributed by atoms with van der Waals surface area (Å²) in [5.41, 5.74) is 0. The van der Waals surface area contributed by atoms with E-state index in [0.29, 0.717) is 0 Å². The second-order valence-electron chi connectivity index (χ2n) is 3.17. The number of carbonyl (C=O) groups is 1. The van der Waals surface area contributed by atoms with E-state index in [1.54, 1.807) is 7.11 Å². The number of carbonyl (C=O) groups excluding carboxylic acids is 1. The molecule has 90 valence electrons. The van der Waals surface area contributed by atoms with Crippen LogP contribution in [-0.2, 0) is 14.3 Å². The summed E-state index contributed by atoms with van der Waals surface area (Å²) in [5.74, 6) is -0.269. The second kappa shape index (κ2) is 10.2. The van der Waals surface area contributed by atoms with Gasteiger partial charge in [-0.3, -0.25) is 4.79 Å². The van der Waals surface area contributed by atoms with Gasteiger partial charge in [0, 0.05) is 7.11 Å². The van der Waals surface area contributed by atoms with Crippen LogP contribution < -0.4 is 0 Å². The predicted molar refractivity (Wildman–Crippen MR) is 65.1 cm³/mol. The summed E-state index contributed by atoms with van der Waals surface area (Å²) >= 11 is 0. The highest BCUT2D eigenvalue weighted by Crippen LogP contribution is 2.01. The lowest BCUT2D eigenvalue weighted by Crippen LogP contribution is -2.14. The average molecular weight is 224 g/mol. The normalized spacial score (nSPS) is 13.9. The third-order valence-corrected chi connectivity index (χ3v) is 1.98. The zero-order valence-electron chi connectivity index (χ0n) is 10.2. The molecule has 0 aliphatic rings. The maximum absolute atomic E-state index is 11.0. The van der Waals surface area contributed by atoms with Crippen molar-refractivity contribution < 1.29 is 14.3 Å². The highest BCUT2D eigenvalue weighted by molar-refractivity contribution is 5.70. The van der Waals surface area contributed by atoms with E-state index in [9.17, 15) is 4.79 Å². The molecule has 1 unspecified atom stereocenters. The van der Waals surface area contributed by atoms with Crippen LogP contribution in [0.25, 0.3) is 0 Å². The summed E-state index contributed by atoms with van der Waals surface area (Å²) in [7, 11) is 2.94. The first kappa shape index (κ1) is 14.6. The first-order chi connectivity index (χ1) is 7.74. The molecular weight excluding hydrogens is 204 g/mol. The highest BCUT2D eigenvalue weighted by atomic mass is 16.5. The maximum Gasteiger partial charge on any atom is 0.308 e. The van der Waals surface area contributed by atoms with Gasteiger partial charge in [0.05, 0.1) is 19.6 Å². The molecule has 0 saturated heterocycles. The minimum atomic E-state index is -0.269. The van der Waals surface area contributed by atoms with E-state index in [0.717, 1.165) is 6.42 Å². The summed E-state index contributed by atoms with van der Waals surface area (Å²) in [6.45, 7) is 1.99. The minimum absolute atomic E-state index is 0.223. The molecule has 0 aliphatic carbocycles. The standard InChI is InChI=1S/C13H20O3/c1-4-5-6-7-8-9-10-12(15-2)11-13(14)16-3/h4-5,7-10,12H,6,11H2,1-3H3. The zero-order chi connectivity index (χ0) is 12.2. The van der Waals surface area contributed by atoms with Crippen molar-refractivity contribution >= 4 is 5.97 Å². The monoisotopic (exact) mass is 224 g/mol. The molecule has 3 nitrogen and oxygen atoms in total. The van der Waals surface area contributed by atoms with Gasteiger partial charge >= 0.3 is 5.97 Å². The molecule has 0 aliphatic heterocycles. The number of methoxy groups -OCH3 is 2. The SMILES string of the molecule is CC=CCC=CC=CC(CC(=O)OC)OC. The summed E-state index contributed by atoms with van der Waals surface area (Å²) in [6.07, 6.45) is 12.7. The molecular formula is C13H20O3. The van der Waals surface area contributed by atoms with Gasteiger partial charge in [0.2, 0.25) is 0 Å². The van der Waals surface area contributed by atoms with Gasteiger partial charge in [-0.15, -0.1) is 0 Å². The number of hydrogen-bond acceptors (Lipinski definition) is 3. The van der Waals surface area contributed by atoms with Gasteiger partial charge in [-0.1, -0.05) is 36.5 Å². The lowest BCUT2D eigenvalue weighted by molar-refractivity contribution is -0.142. The van der Waals surface area contributed by atoms with Gasteiger partial charge in [0.25, 0.3) is 0 Å². The first-order valence-electron chi connectivity index (χ1n) is 5.28. The fourth-order valence-corrected chi connectivity index (χ4v) is 1.04. The molecule has 0 aromatic rings. The number of esters is 1. The summed E-state index contributed by atoms with van der Waals surface area (Å²) in [5, 5.41) is 0. The van der Waals surface area contributed by atoms with Crippen LogP contribution in [0.15, 0.2) is 36.5 Å². The van der Waals surface area contributed by atoms with E-state index in [4.69, 9.17) is 4.74 Å². The van der Waals surface area contributed by atoms with E-state index in [1.807, 2.05) is 37.3 Å². The van der Waals surface area contributed by atoms with Gasteiger partial charge in [0.15, 0.2) is 0 Å². The van der Waals surface area contributed by atoms with Crippen molar-refractivity contribution in [2.45, 2.75) is 25.9 Å². The van der Waals surface area contributed by atoms with Crippen LogP contribution >= 0.6 is 0 Å². The van der Waals surface area contributed by atoms with Gasteiger partial charge in [0.1, 0.15) is 0 Å². The zero-order valence-corrected chi connectivity index (χ0v) is 10.2. The number of rotatable bonds is 7. The molecule has 0 N–H and O–H groups in total. The number of ether oxygens (including phenoxy) is 2. The van der Waals surface area contributed by atoms with Crippen LogP contribution in [0, 0.1) is 0 Å². The third-order valence-electron chi connectivity index (χ3n) is 1.98. The van der Waals surface area contributed by atoms with Crippen molar-refractivity contribution in [2.75, 3.05) is 14.2 Å². The molecule has 16 heavy (non-hydrogen) atoms. The number of allylic oxidation sites excluding steroid dienone is 5.